The van der Waals surface area contributed by atoms with E-state index >= 15 is 0 Å². The lowest BCUT2D eigenvalue weighted by atomic mass is 10.2. The molecule has 0 atom stereocenters. The van der Waals surface area contributed by atoms with Crippen molar-refractivity contribution >= 4 is 39.4 Å². The number of hydrogen-bond acceptors (Lipinski definition) is 8. The molecule has 0 saturated carbocycles. The molecule has 4 rings (SSSR count). The molecule has 234 valence electrons. The summed E-state index contributed by atoms with van der Waals surface area (Å²) < 4.78 is 44.3. The van der Waals surface area contributed by atoms with Crippen molar-refractivity contribution in [3.05, 3.63) is 108 Å². The average Bonchev–Trinajstić information content (AvgIpc) is 3.04. The Morgan fingerprint density at radius 1 is 0.800 bits per heavy atom. The van der Waals surface area contributed by atoms with Gasteiger partial charge in [-0.3, -0.25) is 13.9 Å². The number of nitrogens with one attached hydrogen (secondary N) is 2. The van der Waals surface area contributed by atoms with E-state index in [0.717, 1.165) is 9.87 Å². The van der Waals surface area contributed by atoms with Gasteiger partial charge in [0.1, 0.15) is 23.8 Å². The highest BCUT2D eigenvalue weighted by Gasteiger charge is 2.27. The van der Waals surface area contributed by atoms with Crippen LogP contribution in [0.15, 0.2) is 107 Å². The van der Waals surface area contributed by atoms with Crippen LogP contribution in [-0.4, -0.2) is 53.3 Å². The Bertz CT molecular complexity index is 1710. The third-order valence-corrected chi connectivity index (χ3v) is 8.15. The third-order valence-electron chi connectivity index (χ3n) is 6.36. The van der Waals surface area contributed by atoms with E-state index in [1.165, 1.54) is 18.3 Å². The average molecular weight is 631 g/mol. The van der Waals surface area contributed by atoms with Gasteiger partial charge >= 0.3 is 0 Å². The van der Waals surface area contributed by atoms with Gasteiger partial charge in [0.25, 0.3) is 21.8 Å². The number of methoxy groups -OCH3 is 1. The number of sulfonamides is 1. The minimum Gasteiger partial charge on any atom is -0.497 e. The van der Waals surface area contributed by atoms with Crippen LogP contribution in [0, 0.1) is 6.92 Å². The summed E-state index contributed by atoms with van der Waals surface area (Å²) in [6, 6.07) is 26.5. The predicted octanol–water partition coefficient (Wildman–Crippen LogP) is 4.77. The van der Waals surface area contributed by atoms with E-state index < -0.39 is 22.5 Å². The first kappa shape index (κ1) is 32.6. The van der Waals surface area contributed by atoms with Crippen molar-refractivity contribution in [2.75, 3.05) is 36.5 Å². The van der Waals surface area contributed by atoms with Crippen LogP contribution in [0.3, 0.4) is 0 Å². The highest BCUT2D eigenvalue weighted by Crippen LogP contribution is 2.25. The Balaban J connectivity index is 1.34. The van der Waals surface area contributed by atoms with E-state index in [-0.39, 0.29) is 17.4 Å². The van der Waals surface area contributed by atoms with Crippen LogP contribution in [0.4, 0.5) is 11.4 Å². The van der Waals surface area contributed by atoms with Gasteiger partial charge in [0.2, 0.25) is 0 Å². The van der Waals surface area contributed by atoms with Crippen LogP contribution in [0.1, 0.15) is 18.1 Å². The molecular weight excluding hydrogens is 596 g/mol. The first-order valence-corrected chi connectivity index (χ1v) is 15.4. The van der Waals surface area contributed by atoms with E-state index in [2.05, 4.69) is 15.8 Å². The fourth-order valence-corrected chi connectivity index (χ4v) is 5.46. The van der Waals surface area contributed by atoms with Crippen LogP contribution in [0.25, 0.3) is 0 Å². The molecular formula is C33H34N4O7S. The van der Waals surface area contributed by atoms with E-state index in [0.29, 0.717) is 40.8 Å². The molecule has 0 aromatic heterocycles. The van der Waals surface area contributed by atoms with Gasteiger partial charge in [-0.2, -0.15) is 5.10 Å². The monoisotopic (exact) mass is 630 g/mol. The molecule has 4 aromatic rings. The maximum absolute atomic E-state index is 13.6. The lowest BCUT2D eigenvalue weighted by molar-refractivity contribution is -0.119. The number of nitrogens with zero attached hydrogens (tertiary/aromatic N) is 2. The molecule has 2 N–H and O–H groups in total. The molecule has 4 aromatic carbocycles. The van der Waals surface area contributed by atoms with E-state index in [1.807, 2.05) is 13.8 Å². The van der Waals surface area contributed by atoms with E-state index in [9.17, 15) is 18.0 Å². The second-order valence-corrected chi connectivity index (χ2v) is 11.5. The molecule has 12 heteroatoms. The summed E-state index contributed by atoms with van der Waals surface area (Å²) in [5.74, 6) is 0.737. The zero-order valence-corrected chi connectivity index (χ0v) is 25.9. The van der Waals surface area contributed by atoms with Gasteiger partial charge in [-0.15, -0.1) is 0 Å². The standard InChI is InChI=1S/C33H34N4O7S/c1-4-43-29-17-19-31(20-18-29)45(40,41)37(27-11-5-24(2)6-12-27)22-32(38)36-34-21-25-7-13-30(14-8-25)44-23-33(39)35-26-9-15-28(42-3)16-10-26/h5-21H,4,22-23H2,1-3H3,(H,35,39)(H,36,38)/b34-21-. The number of amides is 2. The van der Waals surface area contributed by atoms with Gasteiger partial charge in [-0.1, -0.05) is 17.7 Å². The number of anilines is 2. The molecule has 0 saturated heterocycles. The summed E-state index contributed by atoms with van der Waals surface area (Å²) in [5.41, 5.74) is 4.93. The normalized spacial score (nSPS) is 11.1. The lowest BCUT2D eigenvalue weighted by Gasteiger charge is -2.24. The number of carbonyl (C=O) groups is 2. The van der Waals surface area contributed by atoms with Crippen LogP contribution in [0.5, 0.6) is 17.2 Å². The highest BCUT2D eigenvalue weighted by atomic mass is 32.2. The van der Waals surface area contributed by atoms with Crippen molar-refractivity contribution in [1.82, 2.24) is 5.43 Å². The van der Waals surface area contributed by atoms with Gasteiger partial charge in [0, 0.05) is 5.69 Å². The predicted molar refractivity (Wildman–Crippen MR) is 173 cm³/mol. The van der Waals surface area contributed by atoms with Crippen molar-refractivity contribution in [2.45, 2.75) is 18.7 Å². The zero-order chi connectivity index (χ0) is 32.2. The molecule has 0 aliphatic rings. The minimum atomic E-state index is -4.09. The number of aryl methyl sites for hydroxylation is 1. The molecule has 0 fully saturated rings. The number of ether oxygens (including phenoxy) is 3. The molecule has 0 aliphatic heterocycles. The fraction of sp³-hybridized carbons (Fsp3) is 0.182. The van der Waals surface area contributed by atoms with Gasteiger partial charge in [0.05, 0.1) is 30.5 Å². The Morgan fingerprint density at radius 3 is 2.02 bits per heavy atom. The maximum atomic E-state index is 13.6. The molecule has 0 unspecified atom stereocenters. The smallest absolute Gasteiger partial charge is 0.264 e. The van der Waals surface area contributed by atoms with Crippen molar-refractivity contribution in [3.63, 3.8) is 0 Å². The number of carbonyl (C=O) groups excluding carboxylic acids is 2. The maximum Gasteiger partial charge on any atom is 0.264 e. The van der Waals surface area contributed by atoms with Crippen molar-refractivity contribution in [2.24, 2.45) is 5.10 Å². The summed E-state index contributed by atoms with van der Waals surface area (Å²) in [6.07, 6.45) is 1.41. The van der Waals surface area contributed by atoms with Crippen LogP contribution in [0.2, 0.25) is 0 Å². The van der Waals surface area contributed by atoms with Crippen LogP contribution in [-0.2, 0) is 19.6 Å². The molecule has 0 spiro atoms. The first-order chi connectivity index (χ1) is 21.7. The summed E-state index contributed by atoms with van der Waals surface area (Å²) in [4.78, 5) is 25.1. The number of benzene rings is 4. The Kier molecular flexibility index (Phi) is 11.1. The largest absolute Gasteiger partial charge is 0.497 e. The van der Waals surface area contributed by atoms with Crippen molar-refractivity contribution in [3.8, 4) is 17.2 Å². The first-order valence-electron chi connectivity index (χ1n) is 14.0. The van der Waals surface area contributed by atoms with Gasteiger partial charge in [-0.25, -0.2) is 13.8 Å². The van der Waals surface area contributed by atoms with Gasteiger partial charge in [-0.05, 0) is 104 Å². The molecule has 45 heavy (non-hydrogen) atoms. The summed E-state index contributed by atoms with van der Waals surface area (Å²) in [7, 11) is -2.52. The third kappa shape index (κ3) is 9.31. The fourth-order valence-electron chi connectivity index (χ4n) is 4.04. The molecule has 0 radical (unpaired) electrons. The van der Waals surface area contributed by atoms with Gasteiger partial charge in [0.15, 0.2) is 6.61 Å². The Hall–Kier alpha value is -5.36. The molecule has 0 heterocycles. The lowest BCUT2D eigenvalue weighted by Crippen LogP contribution is -2.39. The summed E-state index contributed by atoms with van der Waals surface area (Å²) >= 11 is 0. The number of rotatable bonds is 14. The van der Waals surface area contributed by atoms with Crippen molar-refractivity contribution < 1.29 is 32.2 Å². The summed E-state index contributed by atoms with van der Waals surface area (Å²) in [6.45, 7) is 3.48. The zero-order valence-electron chi connectivity index (χ0n) is 25.1. The molecule has 2 amide bonds. The SMILES string of the molecule is CCOc1ccc(S(=O)(=O)N(CC(=O)N/N=C\c2ccc(OCC(=O)Nc3ccc(OC)cc3)cc2)c2ccc(C)cc2)cc1. The Morgan fingerprint density at radius 2 is 1.40 bits per heavy atom. The Labute approximate surface area is 262 Å². The van der Waals surface area contributed by atoms with Crippen LogP contribution < -0.4 is 29.3 Å². The van der Waals surface area contributed by atoms with E-state index in [1.54, 1.807) is 92.0 Å². The van der Waals surface area contributed by atoms with Crippen molar-refractivity contribution in [1.29, 1.82) is 0 Å². The second kappa shape index (κ2) is 15.4. The number of hydrogen-bond donors (Lipinski definition) is 2. The molecule has 11 nitrogen and oxygen atoms in total. The summed E-state index contributed by atoms with van der Waals surface area (Å²) in [5, 5.41) is 6.71. The quantitative estimate of drug-likeness (QED) is 0.151. The molecule has 0 aliphatic carbocycles. The topological polar surface area (TPSA) is 136 Å². The minimum absolute atomic E-state index is 0.0170. The van der Waals surface area contributed by atoms with Gasteiger partial charge < -0.3 is 19.5 Å². The highest BCUT2D eigenvalue weighted by molar-refractivity contribution is 7.92. The number of hydrazone groups is 1. The van der Waals surface area contributed by atoms with E-state index in [4.69, 9.17) is 14.2 Å². The van der Waals surface area contributed by atoms with Crippen LogP contribution >= 0.6 is 0 Å². The second-order valence-electron chi connectivity index (χ2n) is 9.68. The molecule has 0 bridgehead atoms.